The number of esters is 1. The van der Waals surface area contributed by atoms with Crippen LogP contribution in [0.2, 0.25) is 5.02 Å². The molecule has 0 bridgehead atoms. The average molecular weight is 460 g/mol. The van der Waals surface area contributed by atoms with Gasteiger partial charge in [-0.05, 0) is 49.1 Å². The molecule has 3 aromatic rings. The summed E-state index contributed by atoms with van der Waals surface area (Å²) in [6, 6.07) is 10.7. The van der Waals surface area contributed by atoms with E-state index in [9.17, 15) is 14.4 Å². The zero-order chi connectivity index (χ0) is 22.4. The molecular formula is C22H22ClN3O4S. The number of ether oxygens (including phenoxy) is 1. The lowest BCUT2D eigenvalue weighted by Gasteiger charge is -2.18. The first-order valence-corrected chi connectivity index (χ1v) is 11.4. The number of carbonyl (C=O) groups excluding carboxylic acids is 2. The van der Waals surface area contributed by atoms with Gasteiger partial charge in [0.25, 0.3) is 11.5 Å². The molecule has 9 heteroatoms. The van der Waals surface area contributed by atoms with Crippen LogP contribution in [0.4, 0.5) is 0 Å². The van der Waals surface area contributed by atoms with E-state index in [0.29, 0.717) is 28.5 Å². The van der Waals surface area contributed by atoms with E-state index in [1.54, 1.807) is 48.3 Å². The molecule has 1 N–H and O–H groups in total. The van der Waals surface area contributed by atoms with Gasteiger partial charge in [-0.15, -0.1) is 0 Å². The van der Waals surface area contributed by atoms with Gasteiger partial charge < -0.3 is 10.1 Å². The number of nitrogens with one attached hydrogen (secondary N) is 1. The third kappa shape index (κ3) is 5.86. The number of pyridine rings is 1. The lowest BCUT2D eigenvalue weighted by atomic mass is 10.1. The van der Waals surface area contributed by atoms with Crippen molar-refractivity contribution < 1.29 is 14.3 Å². The van der Waals surface area contributed by atoms with Gasteiger partial charge in [0.15, 0.2) is 0 Å². The molecule has 3 rings (SSSR count). The van der Waals surface area contributed by atoms with E-state index in [0.717, 1.165) is 5.56 Å². The fourth-order valence-corrected chi connectivity index (χ4v) is 3.64. The number of rotatable bonds is 8. The van der Waals surface area contributed by atoms with Crippen molar-refractivity contribution in [2.75, 3.05) is 12.0 Å². The third-order valence-electron chi connectivity index (χ3n) is 4.54. The van der Waals surface area contributed by atoms with E-state index < -0.39 is 17.9 Å². The van der Waals surface area contributed by atoms with Crippen molar-refractivity contribution in [2.24, 2.45) is 0 Å². The number of fused-ring (bicyclic) bond motifs is 1. The summed E-state index contributed by atoms with van der Waals surface area (Å²) in [5.74, 6) is -0.399. The first-order chi connectivity index (χ1) is 14.9. The van der Waals surface area contributed by atoms with Crippen molar-refractivity contribution in [3.8, 4) is 0 Å². The number of thioether (sulfide) groups is 1. The first kappa shape index (κ1) is 22.8. The molecule has 31 heavy (non-hydrogen) atoms. The predicted octanol–water partition coefficient (Wildman–Crippen LogP) is 3.25. The third-order valence-corrected chi connectivity index (χ3v) is 5.52. The van der Waals surface area contributed by atoms with Crippen LogP contribution in [0.25, 0.3) is 5.65 Å². The van der Waals surface area contributed by atoms with Crippen LogP contribution in [0.15, 0.2) is 53.5 Å². The topological polar surface area (TPSA) is 89.8 Å². The van der Waals surface area contributed by atoms with Crippen LogP contribution in [-0.4, -0.2) is 39.3 Å². The molecule has 1 atom stereocenters. The highest BCUT2D eigenvalue weighted by Crippen LogP contribution is 2.15. The Labute approximate surface area is 188 Å². The normalized spacial score (nSPS) is 11.8. The summed E-state index contributed by atoms with van der Waals surface area (Å²) >= 11 is 7.63. The van der Waals surface area contributed by atoms with E-state index in [-0.39, 0.29) is 17.7 Å². The standard InChI is InChI=1S/C22H22ClN3O4S/c1-14-7-8-19-24-15(11-20(27)26(19)12-14)13-30-22(29)18(9-10-31-2)25-21(28)16-5-3-4-6-17(16)23/h3-8,11-12,18H,9-10,13H2,1-2H3,(H,25,28). The highest BCUT2D eigenvalue weighted by atomic mass is 35.5. The zero-order valence-electron chi connectivity index (χ0n) is 17.1. The minimum Gasteiger partial charge on any atom is -0.458 e. The number of halogens is 1. The van der Waals surface area contributed by atoms with Crippen LogP contribution in [0.3, 0.4) is 0 Å². The molecule has 1 amide bonds. The molecule has 0 spiro atoms. The Hall–Kier alpha value is -2.84. The molecule has 0 aliphatic carbocycles. The minimum absolute atomic E-state index is 0.170. The second kappa shape index (κ2) is 10.5. The summed E-state index contributed by atoms with van der Waals surface area (Å²) in [5.41, 5.74) is 1.76. The highest BCUT2D eigenvalue weighted by Gasteiger charge is 2.24. The van der Waals surface area contributed by atoms with Gasteiger partial charge in [0, 0.05) is 12.3 Å². The van der Waals surface area contributed by atoms with Gasteiger partial charge >= 0.3 is 5.97 Å². The van der Waals surface area contributed by atoms with Crippen LogP contribution < -0.4 is 10.9 Å². The lowest BCUT2D eigenvalue weighted by molar-refractivity contribution is -0.147. The fraction of sp³-hybridized carbons (Fsp3) is 0.273. The van der Waals surface area contributed by atoms with E-state index in [2.05, 4.69) is 10.3 Å². The Morgan fingerprint density at radius 3 is 2.77 bits per heavy atom. The molecule has 1 unspecified atom stereocenters. The van der Waals surface area contributed by atoms with Gasteiger partial charge in [-0.25, -0.2) is 9.78 Å². The quantitative estimate of drug-likeness (QED) is 0.520. The van der Waals surface area contributed by atoms with E-state index in [4.69, 9.17) is 16.3 Å². The van der Waals surface area contributed by atoms with Gasteiger partial charge in [0.05, 0.1) is 16.3 Å². The van der Waals surface area contributed by atoms with E-state index in [1.807, 2.05) is 19.2 Å². The molecule has 1 aromatic carbocycles. The monoisotopic (exact) mass is 459 g/mol. The molecule has 0 aliphatic rings. The van der Waals surface area contributed by atoms with Crippen molar-refractivity contribution in [3.63, 3.8) is 0 Å². The Balaban J connectivity index is 1.71. The van der Waals surface area contributed by atoms with Gasteiger partial charge in [0.1, 0.15) is 18.3 Å². The molecule has 2 heterocycles. The smallest absolute Gasteiger partial charge is 0.329 e. The summed E-state index contributed by atoms with van der Waals surface area (Å²) in [5, 5.41) is 2.99. The minimum atomic E-state index is -0.847. The Bertz CT molecular complexity index is 1160. The number of nitrogens with zero attached hydrogens (tertiary/aromatic N) is 2. The maximum absolute atomic E-state index is 12.7. The molecule has 0 radical (unpaired) electrons. The van der Waals surface area contributed by atoms with Crippen molar-refractivity contribution in [1.82, 2.24) is 14.7 Å². The summed E-state index contributed by atoms with van der Waals surface area (Å²) in [6.45, 7) is 1.71. The van der Waals surface area contributed by atoms with Crippen molar-refractivity contribution in [3.05, 3.63) is 80.9 Å². The van der Waals surface area contributed by atoms with Crippen LogP contribution in [0.5, 0.6) is 0 Å². The molecular weight excluding hydrogens is 438 g/mol. The van der Waals surface area contributed by atoms with Gasteiger partial charge in [-0.3, -0.25) is 14.0 Å². The Kier molecular flexibility index (Phi) is 7.70. The largest absolute Gasteiger partial charge is 0.458 e. The number of amides is 1. The van der Waals surface area contributed by atoms with Crippen molar-refractivity contribution in [2.45, 2.75) is 26.0 Å². The second-order valence-electron chi connectivity index (χ2n) is 6.92. The summed E-state index contributed by atoms with van der Waals surface area (Å²) in [6.07, 6.45) is 4.00. The van der Waals surface area contributed by atoms with Crippen LogP contribution in [0, 0.1) is 6.92 Å². The van der Waals surface area contributed by atoms with Crippen molar-refractivity contribution in [1.29, 1.82) is 0 Å². The average Bonchev–Trinajstić information content (AvgIpc) is 2.75. The van der Waals surface area contributed by atoms with E-state index in [1.165, 1.54) is 10.5 Å². The van der Waals surface area contributed by atoms with Crippen LogP contribution in [0.1, 0.15) is 28.0 Å². The number of aryl methyl sites for hydroxylation is 1. The predicted molar refractivity (Wildman–Crippen MR) is 122 cm³/mol. The maximum atomic E-state index is 12.7. The molecule has 0 aliphatic heterocycles. The fourth-order valence-electron chi connectivity index (χ4n) is 2.94. The number of hydrogen-bond acceptors (Lipinski definition) is 6. The lowest BCUT2D eigenvalue weighted by Crippen LogP contribution is -2.42. The number of aromatic nitrogens is 2. The SMILES string of the molecule is CSCCC(NC(=O)c1ccccc1Cl)C(=O)OCc1cc(=O)n2cc(C)ccc2n1. The summed E-state index contributed by atoms with van der Waals surface area (Å²) < 4.78 is 6.81. The zero-order valence-corrected chi connectivity index (χ0v) is 18.7. The second-order valence-corrected chi connectivity index (χ2v) is 8.31. The molecule has 0 fully saturated rings. The van der Waals surface area contributed by atoms with Gasteiger partial charge in [-0.2, -0.15) is 11.8 Å². The molecule has 0 saturated heterocycles. The Morgan fingerprint density at radius 2 is 2.03 bits per heavy atom. The van der Waals surface area contributed by atoms with Gasteiger partial charge in [-0.1, -0.05) is 29.8 Å². The molecule has 162 valence electrons. The first-order valence-electron chi connectivity index (χ1n) is 9.59. The number of carbonyl (C=O) groups is 2. The number of hydrogen-bond donors (Lipinski definition) is 1. The van der Waals surface area contributed by atoms with Crippen LogP contribution >= 0.6 is 23.4 Å². The maximum Gasteiger partial charge on any atom is 0.329 e. The van der Waals surface area contributed by atoms with Crippen molar-refractivity contribution >= 4 is 40.9 Å². The van der Waals surface area contributed by atoms with Gasteiger partial charge in [0.2, 0.25) is 0 Å². The molecule has 7 nitrogen and oxygen atoms in total. The van der Waals surface area contributed by atoms with E-state index >= 15 is 0 Å². The van der Waals surface area contributed by atoms with Crippen LogP contribution in [-0.2, 0) is 16.1 Å². The molecule has 0 saturated carbocycles. The number of benzene rings is 1. The summed E-state index contributed by atoms with van der Waals surface area (Å²) in [7, 11) is 0. The Morgan fingerprint density at radius 1 is 1.26 bits per heavy atom. The molecule has 2 aromatic heterocycles. The highest BCUT2D eigenvalue weighted by molar-refractivity contribution is 7.98. The summed E-state index contributed by atoms with van der Waals surface area (Å²) in [4.78, 5) is 41.9.